The largest absolute Gasteiger partial charge is 0.495 e. The van der Waals surface area contributed by atoms with Gasteiger partial charge >= 0.3 is 5.97 Å². The molecule has 0 radical (unpaired) electrons. The van der Waals surface area contributed by atoms with Crippen molar-refractivity contribution in [1.82, 2.24) is 0 Å². The van der Waals surface area contributed by atoms with Crippen LogP contribution in [0.5, 0.6) is 11.5 Å². The fourth-order valence-corrected chi connectivity index (χ4v) is 4.13. The van der Waals surface area contributed by atoms with E-state index in [2.05, 4.69) is 5.32 Å². The second-order valence-corrected chi connectivity index (χ2v) is 8.25. The zero-order valence-corrected chi connectivity index (χ0v) is 19.8. The lowest BCUT2D eigenvalue weighted by molar-refractivity contribution is -0.120. The maximum absolute atomic E-state index is 13.1. The molecule has 4 aromatic rings. The van der Waals surface area contributed by atoms with E-state index in [1.807, 2.05) is 36.4 Å². The number of fused-ring (bicyclic) bond motifs is 1. The molecule has 0 aromatic heterocycles. The summed E-state index contributed by atoms with van der Waals surface area (Å²) < 4.78 is 10.9. The van der Waals surface area contributed by atoms with Gasteiger partial charge in [-0.3, -0.25) is 9.59 Å². The molecule has 5 rings (SSSR count). The van der Waals surface area contributed by atoms with Gasteiger partial charge < -0.3 is 14.8 Å². The van der Waals surface area contributed by atoms with E-state index < -0.39 is 17.8 Å². The molecule has 8 heteroatoms. The number of hydrogen-bond acceptors (Lipinski definition) is 6. The normalized spacial score (nSPS) is 13.3. The molecule has 7 nitrogen and oxygen atoms in total. The summed E-state index contributed by atoms with van der Waals surface area (Å²) in [6, 6.07) is 26.1. The number of nitrogens with one attached hydrogen (secondary N) is 1. The Morgan fingerprint density at radius 1 is 0.806 bits per heavy atom. The number of para-hydroxylation sites is 2. The van der Waals surface area contributed by atoms with E-state index in [-0.39, 0.29) is 16.4 Å². The molecule has 1 heterocycles. The highest BCUT2D eigenvalue weighted by Gasteiger charge is 2.40. The molecule has 0 saturated heterocycles. The second kappa shape index (κ2) is 9.56. The summed E-state index contributed by atoms with van der Waals surface area (Å²) in [5.74, 6) is -0.981. The molecule has 178 valence electrons. The molecule has 36 heavy (non-hydrogen) atoms. The van der Waals surface area contributed by atoms with Gasteiger partial charge in [0.15, 0.2) is 0 Å². The van der Waals surface area contributed by atoms with Crippen molar-refractivity contribution in [2.24, 2.45) is 0 Å². The van der Waals surface area contributed by atoms with E-state index in [0.29, 0.717) is 22.7 Å². The summed E-state index contributed by atoms with van der Waals surface area (Å²) in [7, 11) is 1.45. The molecule has 1 N–H and O–H groups in total. The smallest absolute Gasteiger partial charge is 0.343 e. The summed E-state index contributed by atoms with van der Waals surface area (Å²) >= 11 is 6.22. The highest BCUT2D eigenvalue weighted by molar-refractivity contribution is 6.53. The Balaban J connectivity index is 1.33. The molecule has 0 unspecified atom stereocenters. The van der Waals surface area contributed by atoms with Crippen molar-refractivity contribution in [3.8, 4) is 11.5 Å². The zero-order chi connectivity index (χ0) is 25.2. The molecule has 4 aromatic carbocycles. The van der Waals surface area contributed by atoms with Gasteiger partial charge in [-0.05, 0) is 47.9 Å². The molecule has 0 atom stereocenters. The van der Waals surface area contributed by atoms with E-state index in [1.54, 1.807) is 54.6 Å². The first-order chi connectivity index (χ1) is 17.5. The van der Waals surface area contributed by atoms with Crippen LogP contribution in [-0.4, -0.2) is 24.9 Å². The third-order valence-electron chi connectivity index (χ3n) is 5.70. The van der Waals surface area contributed by atoms with Crippen LogP contribution in [0.3, 0.4) is 0 Å². The van der Waals surface area contributed by atoms with Crippen molar-refractivity contribution in [3.05, 3.63) is 107 Å². The molecular weight excluding hydrogens is 480 g/mol. The van der Waals surface area contributed by atoms with Gasteiger partial charge in [0, 0.05) is 11.1 Å². The number of anilines is 2. The molecule has 0 aliphatic carbocycles. The van der Waals surface area contributed by atoms with Gasteiger partial charge in [0.25, 0.3) is 11.8 Å². The standard InChI is InChI=1S/C28H19ClN2O5/c1-35-23-11-5-4-10-21(23)31-26(32)24(29)25(27(31)33)30-19-15-13-18(14-16-19)28(34)36-22-12-6-8-17-7-2-3-9-20(17)22/h2-16,30H,1H3. The van der Waals surface area contributed by atoms with Gasteiger partial charge in [-0.15, -0.1) is 0 Å². The van der Waals surface area contributed by atoms with Gasteiger partial charge in [-0.1, -0.05) is 60.1 Å². The number of imide groups is 1. The van der Waals surface area contributed by atoms with Crippen molar-refractivity contribution in [2.45, 2.75) is 0 Å². The van der Waals surface area contributed by atoms with Crippen LogP contribution in [0.1, 0.15) is 10.4 Å². The van der Waals surface area contributed by atoms with Crippen LogP contribution in [0.4, 0.5) is 11.4 Å². The van der Waals surface area contributed by atoms with Gasteiger partial charge in [-0.2, -0.15) is 0 Å². The maximum Gasteiger partial charge on any atom is 0.343 e. The topological polar surface area (TPSA) is 84.9 Å². The van der Waals surface area contributed by atoms with E-state index in [4.69, 9.17) is 21.1 Å². The molecule has 2 amide bonds. The monoisotopic (exact) mass is 498 g/mol. The molecule has 0 spiro atoms. The number of benzene rings is 4. The van der Waals surface area contributed by atoms with Crippen molar-refractivity contribution in [2.75, 3.05) is 17.3 Å². The van der Waals surface area contributed by atoms with Crippen molar-refractivity contribution >= 4 is 51.5 Å². The Labute approximate surface area is 211 Å². The number of rotatable bonds is 6. The highest BCUT2D eigenvalue weighted by Crippen LogP contribution is 2.35. The number of carbonyl (C=O) groups excluding carboxylic acids is 3. The summed E-state index contributed by atoms with van der Waals surface area (Å²) in [4.78, 5) is 39.5. The first-order valence-electron chi connectivity index (χ1n) is 11.0. The fourth-order valence-electron chi connectivity index (χ4n) is 3.92. The van der Waals surface area contributed by atoms with Gasteiger partial charge in [0.05, 0.1) is 18.4 Å². The van der Waals surface area contributed by atoms with Crippen LogP contribution in [-0.2, 0) is 9.59 Å². The number of methoxy groups -OCH3 is 1. The molecule has 0 bridgehead atoms. The van der Waals surface area contributed by atoms with Crippen molar-refractivity contribution in [3.63, 3.8) is 0 Å². The lowest BCUT2D eigenvalue weighted by atomic mass is 10.1. The number of carbonyl (C=O) groups is 3. The zero-order valence-electron chi connectivity index (χ0n) is 19.0. The average Bonchev–Trinajstić information content (AvgIpc) is 3.12. The lowest BCUT2D eigenvalue weighted by Crippen LogP contribution is -2.32. The summed E-state index contributed by atoms with van der Waals surface area (Å²) in [6.07, 6.45) is 0. The second-order valence-electron chi connectivity index (χ2n) is 7.88. The van der Waals surface area contributed by atoms with Crippen molar-refractivity contribution < 1.29 is 23.9 Å². The van der Waals surface area contributed by atoms with E-state index >= 15 is 0 Å². The van der Waals surface area contributed by atoms with Crippen LogP contribution in [0.25, 0.3) is 10.8 Å². The summed E-state index contributed by atoms with van der Waals surface area (Å²) in [5, 5.41) is 4.44. The van der Waals surface area contributed by atoms with E-state index in [1.165, 1.54) is 7.11 Å². The van der Waals surface area contributed by atoms with Crippen LogP contribution < -0.4 is 19.7 Å². The Morgan fingerprint density at radius 3 is 2.25 bits per heavy atom. The average molecular weight is 499 g/mol. The molecule has 0 saturated carbocycles. The number of amides is 2. The predicted molar refractivity (Wildman–Crippen MR) is 137 cm³/mol. The number of nitrogens with zero attached hydrogens (tertiary/aromatic N) is 1. The van der Waals surface area contributed by atoms with Gasteiger partial charge in [-0.25, -0.2) is 9.69 Å². The Hall–Kier alpha value is -4.62. The Morgan fingerprint density at radius 2 is 1.47 bits per heavy atom. The Kier molecular flexibility index (Phi) is 6.14. The maximum atomic E-state index is 13.1. The number of halogens is 1. The quantitative estimate of drug-likeness (QED) is 0.214. The molecular formula is C28H19ClN2O5. The number of ether oxygens (including phenoxy) is 2. The Bertz CT molecular complexity index is 1540. The van der Waals surface area contributed by atoms with Crippen LogP contribution in [0.15, 0.2) is 102 Å². The lowest BCUT2D eigenvalue weighted by Gasteiger charge is -2.17. The van der Waals surface area contributed by atoms with Crippen LogP contribution in [0.2, 0.25) is 0 Å². The molecule has 1 aliphatic rings. The van der Waals surface area contributed by atoms with Gasteiger partial charge in [0.1, 0.15) is 22.2 Å². The van der Waals surface area contributed by atoms with E-state index in [0.717, 1.165) is 15.7 Å². The minimum atomic E-state index is -0.663. The first-order valence-corrected chi connectivity index (χ1v) is 11.3. The van der Waals surface area contributed by atoms with Gasteiger partial charge in [0.2, 0.25) is 0 Å². The summed E-state index contributed by atoms with van der Waals surface area (Å²) in [5.41, 5.74) is 1.00. The van der Waals surface area contributed by atoms with Crippen LogP contribution >= 0.6 is 11.6 Å². The summed E-state index contributed by atoms with van der Waals surface area (Å²) in [6.45, 7) is 0. The minimum absolute atomic E-state index is 0.0707. The third-order valence-corrected chi connectivity index (χ3v) is 6.05. The van der Waals surface area contributed by atoms with E-state index in [9.17, 15) is 14.4 Å². The number of esters is 1. The SMILES string of the molecule is COc1ccccc1N1C(=O)C(Cl)=C(Nc2ccc(C(=O)Oc3cccc4ccccc34)cc2)C1=O. The number of hydrogen-bond donors (Lipinski definition) is 1. The molecule has 0 fully saturated rings. The molecule has 1 aliphatic heterocycles. The van der Waals surface area contributed by atoms with Crippen molar-refractivity contribution in [1.29, 1.82) is 0 Å². The highest BCUT2D eigenvalue weighted by atomic mass is 35.5. The predicted octanol–water partition coefficient (Wildman–Crippen LogP) is 5.50. The van der Waals surface area contributed by atoms with Crippen LogP contribution in [0, 0.1) is 0 Å². The minimum Gasteiger partial charge on any atom is -0.495 e. The third kappa shape index (κ3) is 4.16. The fraction of sp³-hybridized carbons (Fsp3) is 0.0357. The first kappa shape index (κ1) is 23.1.